The van der Waals surface area contributed by atoms with E-state index >= 15 is 0 Å². The summed E-state index contributed by atoms with van der Waals surface area (Å²) in [6.07, 6.45) is 0. The van der Waals surface area contributed by atoms with Crippen molar-refractivity contribution >= 4 is 21.9 Å². The van der Waals surface area contributed by atoms with E-state index in [4.69, 9.17) is 10.4 Å². The van der Waals surface area contributed by atoms with Crippen LogP contribution in [0, 0.1) is 18.3 Å². The zero-order valence-electron chi connectivity index (χ0n) is 9.25. The van der Waals surface area contributed by atoms with E-state index in [0.717, 1.165) is 0 Å². The molecule has 2 rings (SSSR count). The van der Waals surface area contributed by atoms with Crippen molar-refractivity contribution in [2.75, 3.05) is 0 Å². The third-order valence-electron chi connectivity index (χ3n) is 2.27. The number of hydrogen-bond donors (Lipinski definition) is 1. The molecule has 2 aromatic rings. The predicted molar refractivity (Wildman–Crippen MR) is 65.5 cm³/mol. The number of halogens is 1. The zero-order valence-corrected chi connectivity index (χ0v) is 10.8. The fraction of sp³-hybridized carbons (Fsp3) is 0.0909. The number of nitrogens with zero attached hydrogens (tertiary/aromatic N) is 4. The van der Waals surface area contributed by atoms with Gasteiger partial charge in [-0.05, 0) is 41.1 Å². The van der Waals surface area contributed by atoms with Crippen molar-refractivity contribution in [1.29, 1.82) is 5.26 Å². The van der Waals surface area contributed by atoms with Crippen LogP contribution >= 0.6 is 15.9 Å². The van der Waals surface area contributed by atoms with Gasteiger partial charge in [-0.2, -0.15) is 5.26 Å². The largest absolute Gasteiger partial charge is 0.475 e. The van der Waals surface area contributed by atoms with E-state index in [-0.39, 0.29) is 5.82 Å². The number of aromatic carboxylic acids is 1. The van der Waals surface area contributed by atoms with Gasteiger partial charge in [-0.25, -0.2) is 14.5 Å². The van der Waals surface area contributed by atoms with Crippen LogP contribution in [0.5, 0.6) is 0 Å². The number of rotatable bonds is 2. The Balaban J connectivity index is 2.56. The van der Waals surface area contributed by atoms with Gasteiger partial charge in [-0.1, -0.05) is 0 Å². The molecular weight excluding hydrogens is 300 g/mol. The second-order valence-corrected chi connectivity index (χ2v) is 4.33. The average Bonchev–Trinajstić information content (AvgIpc) is 2.71. The number of nitriles is 1. The lowest BCUT2D eigenvalue weighted by Crippen LogP contribution is -2.03. The molecule has 0 amide bonds. The molecule has 0 aliphatic carbocycles. The number of aromatic nitrogens is 3. The molecule has 0 aliphatic rings. The molecule has 0 fully saturated rings. The number of hydrogen-bond acceptors (Lipinski definition) is 4. The molecular formula is C11H7BrN4O2. The Morgan fingerprint density at radius 1 is 1.56 bits per heavy atom. The SMILES string of the molecule is Cc1nc(C(=O)O)nn1-c1ccc(C#N)cc1Br. The van der Waals surface area contributed by atoms with Crippen molar-refractivity contribution in [1.82, 2.24) is 14.8 Å². The lowest BCUT2D eigenvalue weighted by atomic mass is 10.2. The standard InChI is InChI=1S/C11H7BrN4O2/c1-6-14-10(11(17)18)15-16(6)9-3-2-7(5-13)4-8(9)12/h2-4H,1H3,(H,17,18). The van der Waals surface area contributed by atoms with E-state index in [1.54, 1.807) is 25.1 Å². The summed E-state index contributed by atoms with van der Waals surface area (Å²) in [5, 5.41) is 21.5. The monoisotopic (exact) mass is 306 g/mol. The number of aryl methyl sites for hydroxylation is 1. The average molecular weight is 307 g/mol. The summed E-state index contributed by atoms with van der Waals surface area (Å²) in [5.74, 6) is -0.983. The molecule has 18 heavy (non-hydrogen) atoms. The smallest absolute Gasteiger partial charge is 0.375 e. The normalized spacial score (nSPS) is 10.1. The zero-order chi connectivity index (χ0) is 13.3. The lowest BCUT2D eigenvalue weighted by Gasteiger charge is -2.05. The van der Waals surface area contributed by atoms with Crippen LogP contribution in [0.15, 0.2) is 22.7 Å². The first-order valence-corrected chi connectivity index (χ1v) is 5.69. The molecule has 0 aliphatic heterocycles. The van der Waals surface area contributed by atoms with E-state index < -0.39 is 5.97 Å². The van der Waals surface area contributed by atoms with E-state index in [0.29, 0.717) is 21.5 Å². The summed E-state index contributed by atoms with van der Waals surface area (Å²) >= 11 is 3.32. The van der Waals surface area contributed by atoms with Crippen molar-refractivity contribution in [2.45, 2.75) is 6.92 Å². The number of carbonyl (C=O) groups is 1. The predicted octanol–water partition coefficient (Wildman–Crippen LogP) is 1.91. The molecule has 1 N–H and O–H groups in total. The molecule has 0 unspecified atom stereocenters. The van der Waals surface area contributed by atoms with Gasteiger partial charge in [0.2, 0.25) is 0 Å². The van der Waals surface area contributed by atoms with Crippen molar-refractivity contribution in [3.63, 3.8) is 0 Å². The van der Waals surface area contributed by atoms with E-state index in [2.05, 4.69) is 26.0 Å². The minimum absolute atomic E-state index is 0.260. The van der Waals surface area contributed by atoms with Crippen molar-refractivity contribution < 1.29 is 9.90 Å². The van der Waals surface area contributed by atoms with Gasteiger partial charge in [0.05, 0.1) is 17.3 Å². The Labute approximate surface area is 111 Å². The Kier molecular flexibility index (Phi) is 3.12. The van der Waals surface area contributed by atoms with Crippen LogP contribution in [0.25, 0.3) is 5.69 Å². The summed E-state index contributed by atoms with van der Waals surface area (Å²) in [4.78, 5) is 14.6. The highest BCUT2D eigenvalue weighted by Gasteiger charge is 2.15. The summed E-state index contributed by atoms with van der Waals surface area (Å²) in [6.45, 7) is 1.66. The Morgan fingerprint density at radius 2 is 2.28 bits per heavy atom. The maximum atomic E-state index is 10.8. The molecule has 90 valence electrons. The van der Waals surface area contributed by atoms with Gasteiger partial charge < -0.3 is 5.11 Å². The van der Waals surface area contributed by atoms with Gasteiger partial charge in [-0.15, -0.1) is 5.10 Å². The number of benzene rings is 1. The van der Waals surface area contributed by atoms with Crippen LogP contribution in [-0.4, -0.2) is 25.8 Å². The van der Waals surface area contributed by atoms with Gasteiger partial charge in [-0.3, -0.25) is 0 Å². The van der Waals surface area contributed by atoms with Crippen LogP contribution in [0.4, 0.5) is 0 Å². The molecule has 0 atom stereocenters. The quantitative estimate of drug-likeness (QED) is 0.915. The summed E-state index contributed by atoms with van der Waals surface area (Å²) < 4.78 is 2.06. The van der Waals surface area contributed by atoms with Gasteiger partial charge in [0.25, 0.3) is 5.82 Å². The van der Waals surface area contributed by atoms with E-state index in [1.165, 1.54) is 4.68 Å². The van der Waals surface area contributed by atoms with Gasteiger partial charge >= 0.3 is 5.97 Å². The highest BCUT2D eigenvalue weighted by atomic mass is 79.9. The maximum Gasteiger partial charge on any atom is 0.375 e. The second-order valence-electron chi connectivity index (χ2n) is 3.48. The molecule has 7 heteroatoms. The molecule has 1 aromatic carbocycles. The fourth-order valence-corrected chi connectivity index (χ4v) is 2.00. The van der Waals surface area contributed by atoms with Crippen LogP contribution in [0.3, 0.4) is 0 Å². The van der Waals surface area contributed by atoms with Crippen LogP contribution in [0.2, 0.25) is 0 Å². The molecule has 0 saturated heterocycles. The summed E-state index contributed by atoms with van der Waals surface area (Å²) in [7, 11) is 0. The highest BCUT2D eigenvalue weighted by Crippen LogP contribution is 2.22. The first kappa shape index (κ1) is 12.3. The third kappa shape index (κ3) is 2.10. The van der Waals surface area contributed by atoms with E-state index in [1.807, 2.05) is 6.07 Å². The van der Waals surface area contributed by atoms with Gasteiger partial charge in [0.1, 0.15) is 5.82 Å². The Bertz CT molecular complexity index is 672. The molecule has 0 spiro atoms. The third-order valence-corrected chi connectivity index (χ3v) is 2.90. The van der Waals surface area contributed by atoms with Gasteiger partial charge in [0, 0.05) is 4.47 Å². The first-order chi connectivity index (χ1) is 8.52. The number of carboxylic acid groups (broad SMARTS) is 1. The topological polar surface area (TPSA) is 91.8 Å². The highest BCUT2D eigenvalue weighted by molar-refractivity contribution is 9.10. The molecule has 1 heterocycles. The fourth-order valence-electron chi connectivity index (χ4n) is 1.46. The molecule has 1 aromatic heterocycles. The minimum atomic E-state index is -1.18. The number of carboxylic acids is 1. The Hall–Kier alpha value is -2.20. The maximum absolute atomic E-state index is 10.8. The lowest BCUT2D eigenvalue weighted by molar-refractivity contribution is 0.0683. The van der Waals surface area contributed by atoms with Crippen LogP contribution < -0.4 is 0 Å². The van der Waals surface area contributed by atoms with Gasteiger partial charge in [0.15, 0.2) is 0 Å². The first-order valence-electron chi connectivity index (χ1n) is 4.90. The second kappa shape index (κ2) is 4.58. The molecule has 0 saturated carbocycles. The van der Waals surface area contributed by atoms with Crippen molar-refractivity contribution in [3.05, 3.63) is 39.9 Å². The van der Waals surface area contributed by atoms with Crippen molar-refractivity contribution in [3.8, 4) is 11.8 Å². The van der Waals surface area contributed by atoms with Crippen LogP contribution in [-0.2, 0) is 0 Å². The Morgan fingerprint density at radius 3 is 2.78 bits per heavy atom. The summed E-state index contributed by atoms with van der Waals surface area (Å²) in [6, 6.07) is 6.95. The molecule has 6 nitrogen and oxygen atoms in total. The van der Waals surface area contributed by atoms with Crippen LogP contribution in [0.1, 0.15) is 22.0 Å². The molecule has 0 radical (unpaired) electrons. The minimum Gasteiger partial charge on any atom is -0.475 e. The van der Waals surface area contributed by atoms with E-state index in [9.17, 15) is 4.79 Å². The summed E-state index contributed by atoms with van der Waals surface area (Å²) in [5.41, 5.74) is 1.13. The van der Waals surface area contributed by atoms with Crippen molar-refractivity contribution in [2.24, 2.45) is 0 Å². The molecule has 0 bridgehead atoms.